The molecule has 5 N–H and O–H groups in total. The first kappa shape index (κ1) is 16.7. The van der Waals surface area contributed by atoms with E-state index in [1.165, 1.54) is 12.1 Å². The van der Waals surface area contributed by atoms with Gasteiger partial charge in [-0.3, -0.25) is 9.67 Å². The summed E-state index contributed by atoms with van der Waals surface area (Å²) in [6.07, 6.45) is 0. The van der Waals surface area contributed by atoms with Gasteiger partial charge in [0.25, 0.3) is 0 Å². The van der Waals surface area contributed by atoms with E-state index in [0.717, 1.165) is 5.69 Å². The molecule has 124 valence electrons. The molecule has 1 aromatic heterocycles. The molecule has 10 heteroatoms. The molecule has 7 nitrogen and oxygen atoms in total. The lowest BCUT2D eigenvalue weighted by molar-refractivity contribution is 0.598. The third kappa shape index (κ3) is 2.94. The monoisotopic (exact) mass is 381 g/mol. The fourth-order valence-corrected chi connectivity index (χ4v) is 3.62. The highest BCUT2D eigenvalue weighted by Crippen LogP contribution is 2.33. The molecule has 0 aliphatic heterocycles. The third-order valence-electron chi connectivity index (χ3n) is 3.34. The number of nitrogens with two attached hydrogens (primary N) is 2. The summed E-state index contributed by atoms with van der Waals surface area (Å²) in [5, 5.41) is 12.0. The fourth-order valence-electron chi connectivity index (χ4n) is 2.27. The van der Waals surface area contributed by atoms with Crippen LogP contribution in [0.25, 0.3) is 17.1 Å². The van der Waals surface area contributed by atoms with Crippen LogP contribution in [0.2, 0.25) is 5.02 Å². The molecule has 1 heterocycles. The predicted octanol–water partition coefficient (Wildman–Crippen LogP) is 2.48. The molecule has 3 rings (SSSR count). The van der Waals surface area contributed by atoms with Crippen LogP contribution < -0.4 is 10.9 Å². The van der Waals surface area contributed by atoms with Crippen molar-refractivity contribution in [3.63, 3.8) is 0 Å². The second kappa shape index (κ2) is 6.02. The van der Waals surface area contributed by atoms with Crippen LogP contribution in [0.4, 0.5) is 5.69 Å². The zero-order chi connectivity index (χ0) is 17.5. The van der Waals surface area contributed by atoms with Crippen LogP contribution in [0, 0.1) is 4.77 Å². The first-order valence-corrected chi connectivity index (χ1v) is 8.97. The van der Waals surface area contributed by atoms with E-state index in [1.807, 2.05) is 30.3 Å². The molecule has 0 spiro atoms. The molecular formula is C14H12ClN5O2S2. The van der Waals surface area contributed by atoms with E-state index < -0.39 is 10.0 Å². The fraction of sp³-hybridized carbons (Fsp3) is 0. The van der Waals surface area contributed by atoms with E-state index in [9.17, 15) is 8.42 Å². The summed E-state index contributed by atoms with van der Waals surface area (Å²) in [6.45, 7) is 0. The summed E-state index contributed by atoms with van der Waals surface area (Å²) in [5.74, 6) is 0.352. The van der Waals surface area contributed by atoms with Crippen LogP contribution in [0.5, 0.6) is 0 Å². The van der Waals surface area contributed by atoms with Crippen molar-refractivity contribution in [2.75, 3.05) is 5.73 Å². The van der Waals surface area contributed by atoms with Crippen LogP contribution in [-0.2, 0) is 10.0 Å². The molecule has 2 aromatic carbocycles. The number of sulfonamides is 1. The molecular weight excluding hydrogens is 370 g/mol. The van der Waals surface area contributed by atoms with Gasteiger partial charge in [0, 0.05) is 16.9 Å². The van der Waals surface area contributed by atoms with Gasteiger partial charge in [0.15, 0.2) is 10.6 Å². The maximum Gasteiger partial charge on any atom is 0.239 e. The van der Waals surface area contributed by atoms with Gasteiger partial charge >= 0.3 is 0 Å². The number of nitrogens with zero attached hydrogens (tertiary/aromatic N) is 2. The zero-order valence-electron chi connectivity index (χ0n) is 12.1. The first-order valence-electron chi connectivity index (χ1n) is 6.64. The normalized spacial score (nSPS) is 11.6. The van der Waals surface area contributed by atoms with Crippen molar-refractivity contribution >= 4 is 39.5 Å². The van der Waals surface area contributed by atoms with Gasteiger partial charge in [-0.15, -0.1) is 0 Å². The molecule has 24 heavy (non-hydrogen) atoms. The molecule has 0 atom stereocenters. The van der Waals surface area contributed by atoms with Gasteiger partial charge in [-0.05, 0) is 36.5 Å². The maximum atomic E-state index is 11.7. The van der Waals surface area contributed by atoms with Gasteiger partial charge in [-0.2, -0.15) is 5.10 Å². The molecule has 0 aliphatic carbocycles. The molecule has 0 saturated heterocycles. The smallest absolute Gasteiger partial charge is 0.239 e. The van der Waals surface area contributed by atoms with Crippen molar-refractivity contribution in [2.24, 2.45) is 5.14 Å². The first-order chi connectivity index (χ1) is 11.3. The van der Waals surface area contributed by atoms with Gasteiger partial charge in [0.05, 0.1) is 5.02 Å². The van der Waals surface area contributed by atoms with Crippen molar-refractivity contribution in [2.45, 2.75) is 4.90 Å². The van der Waals surface area contributed by atoms with Crippen LogP contribution in [0.3, 0.4) is 0 Å². The van der Waals surface area contributed by atoms with Crippen LogP contribution in [-0.4, -0.2) is 23.2 Å². The molecule has 0 fully saturated rings. The van der Waals surface area contributed by atoms with E-state index in [0.29, 0.717) is 16.2 Å². The number of aromatic amines is 1. The second-order valence-electron chi connectivity index (χ2n) is 4.94. The van der Waals surface area contributed by atoms with Gasteiger partial charge < -0.3 is 5.73 Å². The van der Waals surface area contributed by atoms with Gasteiger partial charge in [0.1, 0.15) is 4.90 Å². The number of primary sulfonamides is 1. The molecule has 0 radical (unpaired) electrons. The zero-order valence-corrected chi connectivity index (χ0v) is 14.5. The summed E-state index contributed by atoms with van der Waals surface area (Å²) >= 11 is 11.2. The van der Waals surface area contributed by atoms with Gasteiger partial charge in [0.2, 0.25) is 10.0 Å². The Kier molecular flexibility index (Phi) is 4.18. The van der Waals surface area contributed by atoms with E-state index >= 15 is 0 Å². The Hall–Kier alpha value is -2.20. The number of hydrogen-bond acceptors (Lipinski definition) is 5. The molecule has 0 aliphatic rings. The lowest BCUT2D eigenvalue weighted by atomic mass is 10.1. The second-order valence-corrected chi connectivity index (χ2v) is 7.26. The number of nitrogens with one attached hydrogen (secondary N) is 1. The minimum absolute atomic E-state index is 0.0563. The Bertz CT molecular complexity index is 1070. The standard InChI is InChI=1S/C14H12ClN5O2S2/c15-10-7-11(16)9(6-12(10)24(17,21)22)13-18-19-14(23)20(13)8-4-2-1-3-5-8/h1-7H,16H2,(H,19,23)(H2,17,21,22). The summed E-state index contributed by atoms with van der Waals surface area (Å²) in [6, 6.07) is 11.8. The number of aromatic nitrogens is 3. The summed E-state index contributed by atoms with van der Waals surface area (Å²) in [7, 11) is -4.01. The molecule has 3 aromatic rings. The summed E-state index contributed by atoms with van der Waals surface area (Å²) in [5.41, 5.74) is 7.34. The number of rotatable bonds is 3. The molecule has 0 saturated carbocycles. The average Bonchev–Trinajstić information content (AvgIpc) is 2.88. The Balaban J connectivity index is 2.31. The highest BCUT2D eigenvalue weighted by Gasteiger charge is 2.20. The highest BCUT2D eigenvalue weighted by atomic mass is 35.5. The third-order valence-corrected chi connectivity index (χ3v) is 4.99. The van der Waals surface area contributed by atoms with Crippen molar-refractivity contribution in [3.05, 3.63) is 52.3 Å². The van der Waals surface area contributed by atoms with E-state index in [1.54, 1.807) is 4.57 Å². The van der Waals surface area contributed by atoms with E-state index in [2.05, 4.69) is 10.2 Å². The van der Waals surface area contributed by atoms with E-state index in [-0.39, 0.29) is 15.6 Å². The predicted molar refractivity (Wildman–Crippen MR) is 95.0 cm³/mol. The summed E-state index contributed by atoms with van der Waals surface area (Å²) < 4.78 is 25.4. The average molecular weight is 382 g/mol. The number of anilines is 1. The Morgan fingerprint density at radius 1 is 1.21 bits per heavy atom. The molecule has 0 bridgehead atoms. The molecule has 0 unspecified atom stereocenters. The Labute approximate surface area is 147 Å². The van der Waals surface area contributed by atoms with Crippen molar-refractivity contribution in [1.29, 1.82) is 0 Å². The SMILES string of the molecule is Nc1cc(Cl)c(S(N)(=O)=O)cc1-c1n[nH]c(=S)n1-c1ccccc1. The minimum atomic E-state index is -4.01. The summed E-state index contributed by atoms with van der Waals surface area (Å²) in [4.78, 5) is -0.234. The number of para-hydroxylation sites is 1. The van der Waals surface area contributed by atoms with Gasteiger partial charge in [-0.1, -0.05) is 29.8 Å². The Morgan fingerprint density at radius 2 is 1.88 bits per heavy atom. The number of nitrogen functional groups attached to an aromatic ring is 1. The number of H-pyrrole nitrogens is 1. The Morgan fingerprint density at radius 3 is 2.50 bits per heavy atom. The van der Waals surface area contributed by atoms with Gasteiger partial charge in [-0.25, -0.2) is 13.6 Å². The van der Waals surface area contributed by atoms with Crippen LogP contribution in [0.15, 0.2) is 47.4 Å². The minimum Gasteiger partial charge on any atom is -0.398 e. The number of hydrogen-bond donors (Lipinski definition) is 3. The van der Waals surface area contributed by atoms with Crippen molar-refractivity contribution in [3.8, 4) is 17.1 Å². The van der Waals surface area contributed by atoms with Crippen LogP contribution >= 0.6 is 23.8 Å². The van der Waals surface area contributed by atoms with Crippen LogP contribution in [0.1, 0.15) is 0 Å². The van der Waals surface area contributed by atoms with Crippen molar-refractivity contribution in [1.82, 2.24) is 14.8 Å². The maximum absolute atomic E-state index is 11.7. The lowest BCUT2D eigenvalue weighted by Gasteiger charge is -2.11. The highest BCUT2D eigenvalue weighted by molar-refractivity contribution is 7.89. The lowest BCUT2D eigenvalue weighted by Crippen LogP contribution is -2.13. The van der Waals surface area contributed by atoms with E-state index in [4.69, 9.17) is 34.7 Å². The largest absolute Gasteiger partial charge is 0.398 e. The topological polar surface area (TPSA) is 120 Å². The quantitative estimate of drug-likeness (QED) is 0.475. The molecule has 0 amide bonds. The van der Waals surface area contributed by atoms with Crippen molar-refractivity contribution < 1.29 is 8.42 Å². The number of benzene rings is 2. The number of halogens is 1.